The smallest absolute Gasteiger partial charge is 0.226 e. The molecule has 0 bridgehead atoms. The van der Waals surface area contributed by atoms with Gasteiger partial charge in [0.1, 0.15) is 0 Å². The zero-order valence-corrected chi connectivity index (χ0v) is 17.4. The number of aromatic nitrogens is 2. The predicted octanol–water partition coefficient (Wildman–Crippen LogP) is 1.83. The van der Waals surface area contributed by atoms with E-state index in [2.05, 4.69) is 40.8 Å². The van der Waals surface area contributed by atoms with Crippen molar-refractivity contribution < 1.29 is 9.32 Å². The third-order valence-electron chi connectivity index (χ3n) is 5.91. The molecule has 0 saturated carbocycles. The fourth-order valence-corrected chi connectivity index (χ4v) is 4.36. The lowest BCUT2D eigenvalue weighted by Crippen LogP contribution is -2.46. The average Bonchev–Trinajstić information content (AvgIpc) is 3.25. The molecular weight excluding hydrogens is 342 g/mol. The lowest BCUT2D eigenvalue weighted by atomic mass is 10.0. The summed E-state index contributed by atoms with van der Waals surface area (Å²) in [6.07, 6.45) is 5.01. The standard InChI is InChI=1S/C20H35N5O2/c1-15(2)13-20-21-19(22-27-20)8-12-25(16(3)26)18-7-11-24(14-18)17-5-9-23(4)10-6-17/h15,17-18H,5-14H2,1-4H3. The van der Waals surface area contributed by atoms with Gasteiger partial charge in [0.2, 0.25) is 11.8 Å². The lowest BCUT2D eigenvalue weighted by Gasteiger charge is -2.35. The van der Waals surface area contributed by atoms with Gasteiger partial charge in [-0.3, -0.25) is 9.69 Å². The van der Waals surface area contributed by atoms with Gasteiger partial charge in [-0.25, -0.2) is 0 Å². The molecule has 3 rings (SSSR count). The van der Waals surface area contributed by atoms with Crippen LogP contribution in [-0.4, -0.2) is 82.6 Å². The third kappa shape index (κ3) is 5.51. The van der Waals surface area contributed by atoms with Crippen molar-refractivity contribution in [2.75, 3.05) is 39.8 Å². The van der Waals surface area contributed by atoms with Crippen LogP contribution in [0.3, 0.4) is 0 Å². The molecule has 1 amide bonds. The number of piperidine rings is 1. The second-order valence-corrected chi connectivity index (χ2v) is 8.64. The Morgan fingerprint density at radius 2 is 2.00 bits per heavy atom. The summed E-state index contributed by atoms with van der Waals surface area (Å²) >= 11 is 0. The summed E-state index contributed by atoms with van der Waals surface area (Å²) in [5, 5.41) is 4.08. The van der Waals surface area contributed by atoms with E-state index in [1.54, 1.807) is 6.92 Å². The molecule has 0 N–H and O–H groups in total. The quantitative estimate of drug-likeness (QED) is 0.722. The van der Waals surface area contributed by atoms with Crippen molar-refractivity contribution in [3.63, 3.8) is 0 Å². The Morgan fingerprint density at radius 1 is 1.26 bits per heavy atom. The minimum Gasteiger partial charge on any atom is -0.339 e. The highest BCUT2D eigenvalue weighted by Gasteiger charge is 2.33. The van der Waals surface area contributed by atoms with Crippen molar-refractivity contribution in [2.45, 2.75) is 65.0 Å². The minimum atomic E-state index is 0.149. The number of carbonyl (C=O) groups excluding carboxylic acids is 1. The lowest BCUT2D eigenvalue weighted by molar-refractivity contribution is -0.131. The fourth-order valence-electron chi connectivity index (χ4n) is 4.36. The second kappa shape index (κ2) is 9.15. The molecule has 0 aliphatic carbocycles. The summed E-state index contributed by atoms with van der Waals surface area (Å²) in [6.45, 7) is 11.1. The maximum Gasteiger partial charge on any atom is 0.226 e. The fraction of sp³-hybridized carbons (Fsp3) is 0.850. The largest absolute Gasteiger partial charge is 0.339 e. The molecule has 2 fully saturated rings. The van der Waals surface area contributed by atoms with Crippen LogP contribution in [0.15, 0.2) is 4.52 Å². The van der Waals surface area contributed by atoms with Crippen LogP contribution in [0.4, 0.5) is 0 Å². The first kappa shape index (κ1) is 20.3. The van der Waals surface area contributed by atoms with Crippen molar-refractivity contribution in [3.05, 3.63) is 11.7 Å². The molecule has 3 heterocycles. The van der Waals surface area contributed by atoms with Gasteiger partial charge in [0.25, 0.3) is 0 Å². The molecule has 1 unspecified atom stereocenters. The number of nitrogens with zero attached hydrogens (tertiary/aromatic N) is 5. The molecule has 152 valence electrons. The molecule has 0 spiro atoms. The SMILES string of the molecule is CC(=O)N(CCc1noc(CC(C)C)n1)C1CCN(C2CCN(C)CC2)C1. The van der Waals surface area contributed by atoms with Crippen molar-refractivity contribution in [1.29, 1.82) is 0 Å². The molecule has 0 aromatic carbocycles. The molecule has 1 aromatic rings. The Hall–Kier alpha value is -1.47. The van der Waals surface area contributed by atoms with Crippen LogP contribution in [0.2, 0.25) is 0 Å². The van der Waals surface area contributed by atoms with E-state index in [1.165, 1.54) is 25.9 Å². The van der Waals surface area contributed by atoms with Gasteiger partial charge in [-0.2, -0.15) is 4.98 Å². The third-order valence-corrected chi connectivity index (χ3v) is 5.91. The van der Waals surface area contributed by atoms with E-state index in [-0.39, 0.29) is 5.91 Å². The van der Waals surface area contributed by atoms with E-state index in [0.29, 0.717) is 42.7 Å². The zero-order chi connectivity index (χ0) is 19.4. The van der Waals surface area contributed by atoms with Crippen LogP contribution in [0, 0.1) is 5.92 Å². The van der Waals surface area contributed by atoms with Gasteiger partial charge in [-0.1, -0.05) is 19.0 Å². The number of carbonyl (C=O) groups is 1. The Bertz CT molecular complexity index is 609. The van der Waals surface area contributed by atoms with Crippen molar-refractivity contribution in [3.8, 4) is 0 Å². The summed E-state index contributed by atoms with van der Waals surface area (Å²) in [5.41, 5.74) is 0. The molecule has 2 aliphatic heterocycles. The van der Waals surface area contributed by atoms with E-state index >= 15 is 0 Å². The predicted molar refractivity (Wildman–Crippen MR) is 104 cm³/mol. The number of rotatable bonds is 7. The van der Waals surface area contributed by atoms with Crippen LogP contribution >= 0.6 is 0 Å². The minimum absolute atomic E-state index is 0.149. The highest BCUT2D eigenvalue weighted by molar-refractivity contribution is 5.73. The van der Waals surface area contributed by atoms with Crippen molar-refractivity contribution in [2.24, 2.45) is 5.92 Å². The Morgan fingerprint density at radius 3 is 2.67 bits per heavy atom. The maximum atomic E-state index is 12.3. The normalized spacial score (nSPS) is 22.6. The van der Waals surface area contributed by atoms with Crippen LogP contribution in [0.5, 0.6) is 0 Å². The first-order chi connectivity index (χ1) is 12.9. The number of likely N-dealkylation sites (tertiary alicyclic amines) is 2. The summed E-state index contributed by atoms with van der Waals surface area (Å²) in [6, 6.07) is 0.986. The number of amides is 1. The molecule has 7 nitrogen and oxygen atoms in total. The maximum absolute atomic E-state index is 12.3. The second-order valence-electron chi connectivity index (χ2n) is 8.64. The van der Waals surface area contributed by atoms with Crippen LogP contribution in [0.25, 0.3) is 0 Å². The topological polar surface area (TPSA) is 65.7 Å². The first-order valence-electron chi connectivity index (χ1n) is 10.4. The van der Waals surface area contributed by atoms with Crippen LogP contribution in [0.1, 0.15) is 51.7 Å². The van der Waals surface area contributed by atoms with Crippen LogP contribution < -0.4 is 0 Å². The van der Waals surface area contributed by atoms with Gasteiger partial charge in [-0.15, -0.1) is 0 Å². The van der Waals surface area contributed by atoms with E-state index in [4.69, 9.17) is 4.52 Å². The molecule has 1 aromatic heterocycles. The van der Waals surface area contributed by atoms with Gasteiger partial charge in [0.05, 0.1) is 0 Å². The average molecular weight is 378 g/mol. The Labute approximate surface area is 163 Å². The van der Waals surface area contributed by atoms with Gasteiger partial charge in [-0.05, 0) is 45.3 Å². The molecular formula is C20H35N5O2. The summed E-state index contributed by atoms with van der Waals surface area (Å²) in [5.74, 6) is 2.05. The van der Waals surface area contributed by atoms with E-state index in [1.807, 2.05) is 4.90 Å². The summed E-state index contributed by atoms with van der Waals surface area (Å²) in [7, 11) is 2.20. The van der Waals surface area contributed by atoms with Crippen molar-refractivity contribution in [1.82, 2.24) is 24.8 Å². The van der Waals surface area contributed by atoms with E-state index in [0.717, 1.165) is 25.9 Å². The van der Waals surface area contributed by atoms with E-state index < -0.39 is 0 Å². The molecule has 1 atom stereocenters. The number of hydrogen-bond donors (Lipinski definition) is 0. The van der Waals surface area contributed by atoms with E-state index in [9.17, 15) is 4.79 Å². The molecule has 7 heteroatoms. The summed E-state index contributed by atoms with van der Waals surface area (Å²) < 4.78 is 5.32. The van der Waals surface area contributed by atoms with Crippen LogP contribution in [-0.2, 0) is 17.6 Å². The highest BCUT2D eigenvalue weighted by Crippen LogP contribution is 2.23. The summed E-state index contributed by atoms with van der Waals surface area (Å²) in [4.78, 5) is 23.8. The molecule has 0 radical (unpaired) electrons. The zero-order valence-electron chi connectivity index (χ0n) is 17.4. The van der Waals surface area contributed by atoms with Gasteiger partial charge in [0.15, 0.2) is 5.82 Å². The molecule has 27 heavy (non-hydrogen) atoms. The molecule has 2 saturated heterocycles. The highest BCUT2D eigenvalue weighted by atomic mass is 16.5. The Balaban J connectivity index is 1.52. The van der Waals surface area contributed by atoms with Crippen molar-refractivity contribution >= 4 is 5.91 Å². The Kier molecular flexibility index (Phi) is 6.87. The first-order valence-corrected chi connectivity index (χ1v) is 10.4. The molecule has 2 aliphatic rings. The van der Waals surface area contributed by atoms with Gasteiger partial charge < -0.3 is 14.3 Å². The monoisotopic (exact) mass is 377 g/mol. The van der Waals surface area contributed by atoms with Gasteiger partial charge in [0, 0.05) is 51.5 Å². The van der Waals surface area contributed by atoms with Gasteiger partial charge >= 0.3 is 0 Å². The number of hydrogen-bond acceptors (Lipinski definition) is 6.